The molecule has 3 unspecified atom stereocenters. The maximum absolute atomic E-state index is 9.60. The summed E-state index contributed by atoms with van der Waals surface area (Å²) in [6.45, 7) is 6.05. The number of aliphatic hydroxyl groups is 2. The molecule has 4 nitrogen and oxygen atoms in total. The van der Waals surface area contributed by atoms with Crippen LogP contribution in [0, 0.1) is 5.41 Å². The maximum atomic E-state index is 9.60. The summed E-state index contributed by atoms with van der Waals surface area (Å²) in [7, 11) is 0. The van der Waals surface area contributed by atoms with Crippen LogP contribution >= 0.6 is 0 Å². The van der Waals surface area contributed by atoms with E-state index < -0.39 is 12.2 Å². The van der Waals surface area contributed by atoms with Gasteiger partial charge in [0.1, 0.15) is 0 Å². The van der Waals surface area contributed by atoms with E-state index in [2.05, 4.69) is 18.7 Å². The van der Waals surface area contributed by atoms with Crippen molar-refractivity contribution in [1.82, 2.24) is 4.90 Å². The first-order valence-corrected chi connectivity index (χ1v) is 6.79. The van der Waals surface area contributed by atoms with Gasteiger partial charge in [0.25, 0.3) is 0 Å². The highest BCUT2D eigenvalue weighted by Crippen LogP contribution is 2.33. The van der Waals surface area contributed by atoms with Crippen LogP contribution in [0.1, 0.15) is 25.5 Å². The zero-order valence-electron chi connectivity index (χ0n) is 11.7. The van der Waals surface area contributed by atoms with Gasteiger partial charge in [0, 0.05) is 25.7 Å². The van der Waals surface area contributed by atoms with Gasteiger partial charge < -0.3 is 15.9 Å². The summed E-state index contributed by atoms with van der Waals surface area (Å²) in [5, 5.41) is 19.2. The van der Waals surface area contributed by atoms with Crippen molar-refractivity contribution in [2.45, 2.75) is 32.1 Å². The number of nitrogens with two attached hydrogens (primary N) is 1. The number of rotatable bonds is 4. The quantitative estimate of drug-likeness (QED) is 0.750. The van der Waals surface area contributed by atoms with Crippen molar-refractivity contribution in [2.75, 3.05) is 19.6 Å². The molecule has 1 heterocycles. The molecule has 1 aromatic rings. The monoisotopic (exact) mass is 264 g/mol. The van der Waals surface area contributed by atoms with Gasteiger partial charge in [0.2, 0.25) is 0 Å². The van der Waals surface area contributed by atoms with Crippen molar-refractivity contribution in [3.63, 3.8) is 0 Å². The molecule has 0 bridgehead atoms. The Hall–Kier alpha value is -0.940. The van der Waals surface area contributed by atoms with E-state index in [0.717, 1.165) is 12.1 Å². The summed E-state index contributed by atoms with van der Waals surface area (Å²) in [6, 6.07) is 9.99. The second-order valence-corrected chi connectivity index (χ2v) is 6.21. The summed E-state index contributed by atoms with van der Waals surface area (Å²) >= 11 is 0. The van der Waals surface area contributed by atoms with Gasteiger partial charge in [0.15, 0.2) is 0 Å². The summed E-state index contributed by atoms with van der Waals surface area (Å²) in [4.78, 5) is 2.08. The Kier molecular flexibility index (Phi) is 4.26. The molecular weight excluding hydrogens is 240 g/mol. The first-order valence-electron chi connectivity index (χ1n) is 6.79. The van der Waals surface area contributed by atoms with E-state index in [1.54, 1.807) is 0 Å². The van der Waals surface area contributed by atoms with Crippen LogP contribution in [0.25, 0.3) is 0 Å². The Labute approximate surface area is 114 Å². The number of aliphatic hydroxyl groups excluding tert-OH is 2. The highest BCUT2D eigenvalue weighted by molar-refractivity contribution is 5.20. The fraction of sp³-hybridized carbons (Fsp3) is 0.600. The van der Waals surface area contributed by atoms with Crippen LogP contribution < -0.4 is 5.73 Å². The third-order valence-corrected chi connectivity index (χ3v) is 3.97. The van der Waals surface area contributed by atoms with Crippen LogP contribution in [0.3, 0.4) is 0 Å². The molecule has 0 amide bonds. The number of likely N-dealkylation sites (tertiary alicyclic amines) is 1. The molecular formula is C15H24N2O2. The summed E-state index contributed by atoms with van der Waals surface area (Å²) in [5.41, 5.74) is 7.37. The molecule has 0 radical (unpaired) electrons. The standard InChI is InChI=1S/C15H24N2O2/c1-15(2,10-17-8-12(18)13(19)9-17)14(16)11-6-4-3-5-7-11/h3-7,12-14,18-19H,8-10,16H2,1-2H3. The van der Waals surface area contributed by atoms with Gasteiger partial charge in [-0.2, -0.15) is 0 Å². The molecule has 1 aromatic carbocycles. The average molecular weight is 264 g/mol. The van der Waals surface area contributed by atoms with Crippen LogP contribution in [0.15, 0.2) is 30.3 Å². The van der Waals surface area contributed by atoms with E-state index in [0.29, 0.717) is 13.1 Å². The molecule has 4 heteroatoms. The molecule has 1 aliphatic rings. The largest absolute Gasteiger partial charge is 0.389 e. The molecule has 3 atom stereocenters. The van der Waals surface area contributed by atoms with Crippen molar-refractivity contribution < 1.29 is 10.2 Å². The Morgan fingerprint density at radius 1 is 1.21 bits per heavy atom. The summed E-state index contributed by atoms with van der Waals surface area (Å²) in [6.07, 6.45) is -1.27. The highest BCUT2D eigenvalue weighted by atomic mass is 16.3. The van der Waals surface area contributed by atoms with Crippen molar-refractivity contribution >= 4 is 0 Å². The van der Waals surface area contributed by atoms with E-state index >= 15 is 0 Å². The number of hydrogen-bond acceptors (Lipinski definition) is 4. The Morgan fingerprint density at radius 3 is 2.26 bits per heavy atom. The third kappa shape index (κ3) is 3.34. The Bertz CT molecular complexity index is 398. The predicted octanol–water partition coefficient (Wildman–Crippen LogP) is 0.750. The van der Waals surface area contributed by atoms with Gasteiger partial charge >= 0.3 is 0 Å². The smallest absolute Gasteiger partial charge is 0.0938 e. The predicted molar refractivity (Wildman–Crippen MR) is 75.6 cm³/mol. The zero-order valence-corrected chi connectivity index (χ0v) is 11.7. The molecule has 106 valence electrons. The van der Waals surface area contributed by atoms with Gasteiger partial charge in [0.05, 0.1) is 12.2 Å². The van der Waals surface area contributed by atoms with E-state index in [1.807, 2.05) is 30.3 Å². The number of β-amino-alcohol motifs (C(OH)–C–C–N with tert-alkyl or cyclic N) is 2. The first kappa shape index (κ1) is 14.5. The van der Waals surface area contributed by atoms with Crippen LogP contribution in [0.5, 0.6) is 0 Å². The molecule has 1 aliphatic heterocycles. The van der Waals surface area contributed by atoms with Gasteiger partial charge in [-0.3, -0.25) is 4.90 Å². The lowest BCUT2D eigenvalue weighted by atomic mass is 9.80. The second kappa shape index (κ2) is 5.59. The van der Waals surface area contributed by atoms with E-state index in [9.17, 15) is 10.2 Å². The number of hydrogen-bond donors (Lipinski definition) is 3. The molecule has 0 saturated carbocycles. The molecule has 1 saturated heterocycles. The lowest BCUT2D eigenvalue weighted by molar-refractivity contribution is 0.0572. The van der Waals surface area contributed by atoms with Gasteiger partial charge in [-0.05, 0) is 11.0 Å². The summed E-state index contributed by atoms with van der Waals surface area (Å²) < 4.78 is 0. The van der Waals surface area contributed by atoms with Gasteiger partial charge in [-0.25, -0.2) is 0 Å². The maximum Gasteiger partial charge on any atom is 0.0938 e. The minimum absolute atomic E-state index is 0.0661. The molecule has 0 aliphatic carbocycles. The van der Waals surface area contributed by atoms with E-state index in [1.165, 1.54) is 0 Å². The zero-order chi connectivity index (χ0) is 14.0. The normalized spacial score (nSPS) is 26.6. The molecule has 4 N–H and O–H groups in total. The molecule has 0 aromatic heterocycles. The fourth-order valence-corrected chi connectivity index (χ4v) is 2.76. The van der Waals surface area contributed by atoms with Crippen molar-refractivity contribution in [2.24, 2.45) is 11.1 Å². The summed E-state index contributed by atoms with van der Waals surface area (Å²) in [5.74, 6) is 0. The van der Waals surface area contributed by atoms with Gasteiger partial charge in [-0.15, -0.1) is 0 Å². The lowest BCUT2D eigenvalue weighted by Crippen LogP contribution is -2.40. The van der Waals surface area contributed by atoms with Crippen molar-refractivity contribution in [3.8, 4) is 0 Å². The second-order valence-electron chi connectivity index (χ2n) is 6.21. The van der Waals surface area contributed by atoms with Crippen molar-refractivity contribution in [1.29, 1.82) is 0 Å². The fourth-order valence-electron chi connectivity index (χ4n) is 2.76. The van der Waals surface area contributed by atoms with Crippen LogP contribution in [-0.4, -0.2) is 47.0 Å². The SMILES string of the molecule is CC(C)(CN1CC(O)C(O)C1)C(N)c1ccccc1. The first-order chi connectivity index (χ1) is 8.90. The number of benzene rings is 1. The van der Waals surface area contributed by atoms with Gasteiger partial charge in [-0.1, -0.05) is 44.2 Å². The minimum Gasteiger partial charge on any atom is -0.389 e. The minimum atomic E-state index is -0.635. The average Bonchev–Trinajstić information content (AvgIpc) is 2.67. The van der Waals surface area contributed by atoms with Crippen LogP contribution in [0.2, 0.25) is 0 Å². The topological polar surface area (TPSA) is 69.7 Å². The molecule has 1 fully saturated rings. The van der Waals surface area contributed by atoms with E-state index in [4.69, 9.17) is 5.73 Å². The number of nitrogens with zero attached hydrogens (tertiary/aromatic N) is 1. The molecule has 0 spiro atoms. The van der Waals surface area contributed by atoms with Crippen LogP contribution in [0.4, 0.5) is 0 Å². The molecule has 2 rings (SSSR count). The third-order valence-electron chi connectivity index (χ3n) is 3.97. The Balaban J connectivity index is 2.02. The molecule has 19 heavy (non-hydrogen) atoms. The Morgan fingerprint density at radius 2 is 1.74 bits per heavy atom. The van der Waals surface area contributed by atoms with Crippen molar-refractivity contribution in [3.05, 3.63) is 35.9 Å². The van der Waals surface area contributed by atoms with E-state index in [-0.39, 0.29) is 11.5 Å². The van der Waals surface area contributed by atoms with Crippen LogP contribution in [-0.2, 0) is 0 Å². The lowest BCUT2D eigenvalue weighted by Gasteiger charge is -2.35. The highest BCUT2D eigenvalue weighted by Gasteiger charge is 2.35.